The summed E-state index contributed by atoms with van der Waals surface area (Å²) in [6.45, 7) is 8.57. The molecular formula is C31H36FN7O3. The number of phenols is 1. The maximum absolute atomic E-state index is 14.6. The van der Waals surface area contributed by atoms with Crippen LogP contribution in [-0.4, -0.2) is 61.3 Å². The summed E-state index contributed by atoms with van der Waals surface area (Å²) >= 11 is 0. The van der Waals surface area contributed by atoms with Gasteiger partial charge in [-0.25, -0.2) is 19.3 Å². The van der Waals surface area contributed by atoms with E-state index < -0.39 is 11.5 Å². The second kappa shape index (κ2) is 11.7. The maximum Gasteiger partial charge on any atom is 0.410 e. The number of likely N-dealkylation sites (tertiary alicyclic amines) is 1. The largest absolute Gasteiger partial charge is 0.508 e. The van der Waals surface area contributed by atoms with Crippen molar-refractivity contribution < 1.29 is 19.0 Å². The Kier molecular flexibility index (Phi) is 8.02. The fourth-order valence-corrected chi connectivity index (χ4v) is 5.17. The van der Waals surface area contributed by atoms with Crippen LogP contribution in [0.2, 0.25) is 0 Å². The number of aromatic nitrogens is 3. The minimum absolute atomic E-state index is 0.104. The predicted octanol–water partition coefficient (Wildman–Crippen LogP) is 5.65. The van der Waals surface area contributed by atoms with E-state index in [0.29, 0.717) is 53.1 Å². The molecule has 1 fully saturated rings. The zero-order valence-electron chi connectivity index (χ0n) is 24.3. The average molecular weight is 574 g/mol. The van der Waals surface area contributed by atoms with Crippen molar-refractivity contribution in [1.82, 2.24) is 19.5 Å². The van der Waals surface area contributed by atoms with Gasteiger partial charge in [0.2, 0.25) is 5.95 Å². The van der Waals surface area contributed by atoms with E-state index in [2.05, 4.69) is 15.4 Å². The van der Waals surface area contributed by atoms with Crippen molar-refractivity contribution in [3.63, 3.8) is 0 Å². The molecule has 0 unspecified atom stereocenters. The highest BCUT2D eigenvalue weighted by Gasteiger charge is 2.32. The van der Waals surface area contributed by atoms with E-state index in [4.69, 9.17) is 15.5 Å². The molecule has 1 atom stereocenters. The monoisotopic (exact) mass is 573 g/mol. The van der Waals surface area contributed by atoms with Gasteiger partial charge >= 0.3 is 6.09 Å². The predicted molar refractivity (Wildman–Crippen MR) is 161 cm³/mol. The van der Waals surface area contributed by atoms with Crippen LogP contribution in [0, 0.1) is 5.95 Å². The van der Waals surface area contributed by atoms with Crippen LogP contribution in [-0.2, 0) is 11.2 Å². The minimum Gasteiger partial charge on any atom is -0.508 e. The fourth-order valence-electron chi connectivity index (χ4n) is 5.17. The van der Waals surface area contributed by atoms with Crippen LogP contribution >= 0.6 is 0 Å². The van der Waals surface area contributed by atoms with Crippen LogP contribution in [0.4, 0.5) is 20.6 Å². The van der Waals surface area contributed by atoms with Gasteiger partial charge in [-0.1, -0.05) is 6.92 Å². The van der Waals surface area contributed by atoms with E-state index in [0.717, 1.165) is 18.4 Å². The lowest BCUT2D eigenvalue weighted by Crippen LogP contribution is -2.42. The Morgan fingerprint density at radius 2 is 2.10 bits per heavy atom. The molecule has 1 amide bonds. The van der Waals surface area contributed by atoms with E-state index >= 15 is 0 Å². The summed E-state index contributed by atoms with van der Waals surface area (Å²) in [5.41, 5.74) is 10.3. The van der Waals surface area contributed by atoms with Crippen LogP contribution < -0.4 is 11.1 Å². The molecule has 1 aromatic carbocycles. The number of aromatic hydroxyl groups is 1. The van der Waals surface area contributed by atoms with Gasteiger partial charge < -0.3 is 25.8 Å². The van der Waals surface area contributed by atoms with Crippen molar-refractivity contribution in [3.8, 4) is 16.9 Å². The first-order chi connectivity index (χ1) is 20.0. The highest BCUT2D eigenvalue weighted by molar-refractivity contribution is 6.06. The van der Waals surface area contributed by atoms with Crippen molar-refractivity contribution >= 4 is 28.8 Å². The van der Waals surface area contributed by atoms with E-state index in [1.54, 1.807) is 52.1 Å². The van der Waals surface area contributed by atoms with Gasteiger partial charge in [-0.2, -0.15) is 9.49 Å². The number of aliphatic imine (C=N–C) groups is 1. The number of phenolic OH excluding ortho intramolecular Hbond substituents is 1. The summed E-state index contributed by atoms with van der Waals surface area (Å²) in [5, 5.41) is 18.0. The molecule has 10 nitrogen and oxygen atoms in total. The second-order valence-electron chi connectivity index (χ2n) is 11.3. The molecule has 5 rings (SSSR count). The number of anilines is 1. The van der Waals surface area contributed by atoms with Crippen molar-refractivity contribution in [1.29, 1.82) is 0 Å². The zero-order valence-corrected chi connectivity index (χ0v) is 24.3. The SMILES string of the molecule is CCc1cc(O)ccc1N=C(N)c1cnn2cc(-c3cccnc3F)cc2c1NC[C@H]1CCCN1C(=O)OC(C)(C)C. The molecule has 0 radical (unpaired) electrons. The van der Waals surface area contributed by atoms with Crippen LogP contribution in [0.3, 0.4) is 0 Å². The molecule has 11 heteroatoms. The summed E-state index contributed by atoms with van der Waals surface area (Å²) in [6.07, 6.45) is 6.74. The molecule has 0 saturated carbocycles. The molecule has 0 spiro atoms. The molecule has 4 aromatic rings. The van der Waals surface area contributed by atoms with Gasteiger partial charge in [0.05, 0.1) is 34.7 Å². The Balaban J connectivity index is 1.54. The lowest BCUT2D eigenvalue weighted by molar-refractivity contribution is 0.0235. The molecule has 1 aliphatic heterocycles. The van der Waals surface area contributed by atoms with E-state index in [1.807, 2.05) is 33.8 Å². The normalized spacial score (nSPS) is 15.8. The number of aryl methyl sites for hydroxylation is 1. The molecule has 0 bridgehead atoms. The first kappa shape index (κ1) is 28.8. The number of carbonyl (C=O) groups is 1. The highest BCUT2D eigenvalue weighted by atomic mass is 19.1. The van der Waals surface area contributed by atoms with Crippen LogP contribution in [0.25, 0.3) is 16.6 Å². The maximum atomic E-state index is 14.6. The first-order valence-electron chi connectivity index (χ1n) is 14.1. The van der Waals surface area contributed by atoms with Gasteiger partial charge in [-0.05, 0) is 82.0 Å². The lowest BCUT2D eigenvalue weighted by atomic mass is 10.1. The smallest absolute Gasteiger partial charge is 0.410 e. The van der Waals surface area contributed by atoms with Gasteiger partial charge in [0, 0.05) is 36.6 Å². The number of halogens is 1. The summed E-state index contributed by atoms with van der Waals surface area (Å²) in [7, 11) is 0. The number of nitrogens with two attached hydrogens (primary N) is 1. The molecule has 3 aromatic heterocycles. The molecule has 42 heavy (non-hydrogen) atoms. The lowest BCUT2D eigenvalue weighted by Gasteiger charge is -2.29. The number of hydrogen-bond acceptors (Lipinski definition) is 7. The van der Waals surface area contributed by atoms with Crippen molar-refractivity contribution in [3.05, 3.63) is 72.1 Å². The quantitative estimate of drug-likeness (QED) is 0.148. The van der Waals surface area contributed by atoms with Crippen molar-refractivity contribution in [2.24, 2.45) is 10.7 Å². The van der Waals surface area contributed by atoms with E-state index in [-0.39, 0.29) is 23.7 Å². The number of amides is 1. The molecular weight excluding hydrogens is 537 g/mol. The number of hydrogen-bond donors (Lipinski definition) is 3. The fraction of sp³-hybridized carbons (Fsp3) is 0.355. The molecule has 1 aliphatic rings. The summed E-state index contributed by atoms with van der Waals surface area (Å²) in [4.78, 5) is 23.1. The first-order valence-corrected chi connectivity index (χ1v) is 14.1. The van der Waals surface area contributed by atoms with E-state index in [1.165, 1.54) is 6.20 Å². The second-order valence-corrected chi connectivity index (χ2v) is 11.3. The summed E-state index contributed by atoms with van der Waals surface area (Å²) < 4.78 is 21.9. The van der Waals surface area contributed by atoms with Crippen LogP contribution in [0.5, 0.6) is 5.75 Å². The van der Waals surface area contributed by atoms with E-state index in [9.17, 15) is 14.3 Å². The highest BCUT2D eigenvalue weighted by Crippen LogP contribution is 2.31. The summed E-state index contributed by atoms with van der Waals surface area (Å²) in [6, 6.07) is 10.0. The number of fused-ring (bicyclic) bond motifs is 1. The Labute approximate surface area is 244 Å². The number of nitrogens with one attached hydrogen (secondary N) is 1. The molecule has 4 heterocycles. The average Bonchev–Trinajstić information content (AvgIpc) is 3.59. The topological polar surface area (TPSA) is 130 Å². The molecule has 220 valence electrons. The third-order valence-corrected chi connectivity index (χ3v) is 7.19. The number of carbonyl (C=O) groups excluding carboxylic acids is 1. The molecule has 0 aliphatic carbocycles. The van der Waals surface area contributed by atoms with Gasteiger partial charge in [0.25, 0.3) is 0 Å². The van der Waals surface area contributed by atoms with Gasteiger partial charge in [-0.15, -0.1) is 0 Å². The summed E-state index contributed by atoms with van der Waals surface area (Å²) in [5.74, 6) is -0.203. The minimum atomic E-state index is -0.595. The number of ether oxygens (including phenoxy) is 1. The number of amidine groups is 1. The molecule has 1 saturated heterocycles. The Morgan fingerprint density at radius 1 is 1.29 bits per heavy atom. The van der Waals surface area contributed by atoms with Crippen LogP contribution in [0.1, 0.15) is 51.7 Å². The molecule has 4 N–H and O–H groups in total. The zero-order chi connectivity index (χ0) is 30.0. The van der Waals surface area contributed by atoms with Gasteiger partial charge in [-0.3, -0.25) is 0 Å². The third kappa shape index (κ3) is 6.14. The number of rotatable bonds is 7. The standard InChI is InChI=1S/C31H36FN7O3/c1-5-19-14-22(40)10-11-25(19)37-29(33)24-17-36-39-18-20(23-9-6-12-34-28(23)32)15-26(39)27(24)35-16-21-8-7-13-38(21)30(41)42-31(2,3)4/h6,9-12,14-15,17-18,21,35,40H,5,7-8,13,16H2,1-4H3,(H2,33,37)/t21-/m1/s1. The van der Waals surface area contributed by atoms with Crippen molar-refractivity contribution in [2.75, 3.05) is 18.4 Å². The Morgan fingerprint density at radius 3 is 2.83 bits per heavy atom. The Hall–Kier alpha value is -4.67. The van der Waals surface area contributed by atoms with Crippen molar-refractivity contribution in [2.45, 2.75) is 58.6 Å². The number of benzene rings is 1. The van der Waals surface area contributed by atoms with Crippen LogP contribution in [0.15, 0.2) is 60.0 Å². The van der Waals surface area contributed by atoms with Gasteiger partial charge in [0.1, 0.15) is 17.2 Å². The van der Waals surface area contributed by atoms with Gasteiger partial charge in [0.15, 0.2) is 0 Å². The Bertz CT molecular complexity index is 1640. The number of nitrogens with zero attached hydrogens (tertiary/aromatic N) is 5. The third-order valence-electron chi connectivity index (χ3n) is 7.19. The number of pyridine rings is 1.